The molecular formula is C74H100N14O13. The summed E-state index contributed by atoms with van der Waals surface area (Å²) >= 11 is 0. The van der Waals surface area contributed by atoms with Crippen molar-refractivity contribution in [3.63, 3.8) is 0 Å². The van der Waals surface area contributed by atoms with E-state index in [2.05, 4.69) is 71.4 Å². The van der Waals surface area contributed by atoms with Crippen molar-refractivity contribution in [1.82, 2.24) is 71.4 Å². The lowest BCUT2D eigenvalue weighted by molar-refractivity contribution is -0.146. The molecule has 6 aromatic heterocycles. The number of benzene rings is 3. The second-order valence-corrected chi connectivity index (χ2v) is 30.2. The number of nitrogens with zero attached hydrogens (tertiary/aromatic N) is 3. The SMILES string of the molecule is CC(C)(C)OC(=O)NCCNC(=O)C(C)(C)c1cnc([C@H](Cc2c[nH]c3ccccc23)NC(=O)OC(C)(C)C)[nH]1.CC(C)(C)OC(=O)N[C@@H](Cc1c[nH]c2ccccc12)c1ncc(C(C)(C)C(=O)O)[nH]1.COC(=O)C(C)(C)c1cnc([C@H](Cc2c[nH]c3ccccc23)NC(=O)OC(C)(C)C)[nH]1. The summed E-state index contributed by atoms with van der Waals surface area (Å²) in [5, 5.41) is 26.8. The number of imidazole rings is 3. The molecule has 101 heavy (non-hydrogen) atoms. The molecule has 27 nitrogen and oxygen atoms in total. The summed E-state index contributed by atoms with van der Waals surface area (Å²) in [4.78, 5) is 119. The highest BCUT2D eigenvalue weighted by Gasteiger charge is 2.37. The molecule has 0 saturated heterocycles. The van der Waals surface area contributed by atoms with Crippen LogP contribution < -0.4 is 26.6 Å². The smallest absolute Gasteiger partial charge is 0.408 e. The van der Waals surface area contributed by atoms with Gasteiger partial charge >= 0.3 is 36.3 Å². The van der Waals surface area contributed by atoms with Gasteiger partial charge < -0.3 is 85.3 Å². The van der Waals surface area contributed by atoms with Gasteiger partial charge in [-0.25, -0.2) is 34.1 Å². The number of fused-ring (bicyclic) bond motifs is 3. The van der Waals surface area contributed by atoms with E-state index in [9.17, 15) is 38.7 Å². The van der Waals surface area contributed by atoms with E-state index >= 15 is 0 Å². The molecule has 0 fully saturated rings. The standard InChI is InChI=1S/C29H42N6O5.C23H30N4O4.C22H28N4O4/c1-27(2,3)39-25(37)31-14-13-30-24(36)29(7,8)22-17-33-23(35-22)21(34-26(38)40-28(4,5)6)15-18-16-32-20-12-10-9-11-19(18)20;1-22(2,3)31-21(29)26-17(11-14-12-24-16-10-8-7-9-15(14)16)19-25-13-18(27-19)23(4,5)20(28)30-6;1-21(2,3)30-20(29)25-16(10-13-11-23-15-9-7-6-8-14(13)15)18-24-12-17(26-18)22(4,5)19(27)28/h9-12,16-17,21,32H,13-15H2,1-8H3,(H,30,36)(H,31,37)(H,33,35)(H,34,38);7-10,12-13,17,24H,11H2,1-6H3,(H,25,27)(H,26,29);6-9,11-12,16,23H,10H2,1-5H3,(H,24,26)(H,25,29)(H,27,28)/t21-;17-;16-/m000/s1. The van der Waals surface area contributed by atoms with E-state index in [4.69, 9.17) is 23.7 Å². The molecule has 0 aliphatic carbocycles. The predicted molar refractivity (Wildman–Crippen MR) is 384 cm³/mol. The fourth-order valence-corrected chi connectivity index (χ4v) is 10.5. The molecule has 3 aromatic carbocycles. The highest BCUT2D eigenvalue weighted by atomic mass is 16.6. The number of rotatable bonds is 21. The number of aliphatic carboxylic acids is 1. The molecule has 0 bridgehead atoms. The first-order valence-electron chi connectivity index (χ1n) is 33.4. The zero-order chi connectivity index (χ0) is 74.6. The van der Waals surface area contributed by atoms with E-state index in [1.807, 2.05) is 112 Å². The lowest BCUT2D eigenvalue weighted by atomic mass is 9.89. The average molecular weight is 1390 g/mol. The first-order chi connectivity index (χ1) is 47.0. The van der Waals surface area contributed by atoms with E-state index in [0.717, 1.165) is 49.4 Å². The number of H-pyrrole nitrogens is 6. The highest BCUT2D eigenvalue weighted by Crippen LogP contribution is 2.32. The average Bonchev–Trinajstić information content (AvgIpc) is 1.69. The van der Waals surface area contributed by atoms with Crippen molar-refractivity contribution >= 4 is 74.9 Å². The van der Waals surface area contributed by atoms with Crippen molar-refractivity contribution in [3.8, 4) is 0 Å². The van der Waals surface area contributed by atoms with E-state index in [1.54, 1.807) is 116 Å². The van der Waals surface area contributed by atoms with Crippen LogP contribution in [0.15, 0.2) is 110 Å². The lowest BCUT2D eigenvalue weighted by Gasteiger charge is -2.24. The zero-order valence-corrected chi connectivity index (χ0v) is 61.3. The quantitative estimate of drug-likeness (QED) is 0.0181. The number of alkyl carbamates (subject to hydrolysis) is 4. The molecule has 0 saturated carbocycles. The molecule has 5 amide bonds. The molecule has 6 heterocycles. The van der Waals surface area contributed by atoms with Gasteiger partial charge in [-0.1, -0.05) is 54.6 Å². The molecule has 0 aliphatic heterocycles. The lowest BCUT2D eigenvalue weighted by Crippen LogP contribution is -2.44. The first-order valence-corrected chi connectivity index (χ1v) is 33.4. The number of aromatic nitrogens is 9. The number of ether oxygens (including phenoxy) is 5. The topological polar surface area (TPSA) is 379 Å². The van der Waals surface area contributed by atoms with Crippen molar-refractivity contribution in [1.29, 1.82) is 0 Å². The Morgan fingerprint density at radius 3 is 1.03 bits per heavy atom. The number of amides is 5. The maximum Gasteiger partial charge on any atom is 0.408 e. The van der Waals surface area contributed by atoms with Gasteiger partial charge in [0.1, 0.15) is 50.7 Å². The van der Waals surface area contributed by atoms with E-state index in [0.29, 0.717) is 53.8 Å². The van der Waals surface area contributed by atoms with Crippen molar-refractivity contribution in [2.45, 2.75) is 201 Å². The van der Waals surface area contributed by atoms with Crippen molar-refractivity contribution in [3.05, 3.63) is 161 Å². The zero-order valence-electron chi connectivity index (χ0n) is 61.3. The minimum Gasteiger partial charge on any atom is -0.481 e. The Labute approximate surface area is 588 Å². The molecule has 0 radical (unpaired) electrons. The molecule has 9 aromatic rings. The molecule has 0 aliphatic rings. The van der Waals surface area contributed by atoms with Crippen LogP contribution in [0.2, 0.25) is 0 Å². The Morgan fingerprint density at radius 1 is 0.416 bits per heavy atom. The molecular weight excluding hydrogens is 1290 g/mol. The Morgan fingerprint density at radius 2 is 0.713 bits per heavy atom. The van der Waals surface area contributed by atoms with Gasteiger partial charge in [0.2, 0.25) is 5.91 Å². The van der Waals surface area contributed by atoms with Crippen LogP contribution in [0.3, 0.4) is 0 Å². The minimum atomic E-state index is -1.14. The Balaban J connectivity index is 0.000000215. The van der Waals surface area contributed by atoms with Gasteiger partial charge in [-0.3, -0.25) is 14.4 Å². The summed E-state index contributed by atoms with van der Waals surface area (Å²) in [6.07, 6.45) is 9.61. The second-order valence-electron chi connectivity index (χ2n) is 30.2. The van der Waals surface area contributed by atoms with Crippen LogP contribution in [0.4, 0.5) is 19.2 Å². The molecule has 544 valence electrons. The fourth-order valence-electron chi connectivity index (χ4n) is 10.5. The van der Waals surface area contributed by atoms with Gasteiger partial charge in [0.05, 0.1) is 42.0 Å². The molecule has 27 heteroatoms. The van der Waals surface area contributed by atoms with Gasteiger partial charge in [0.25, 0.3) is 0 Å². The number of esters is 1. The third kappa shape index (κ3) is 21.7. The molecule has 9 rings (SSSR count). The van der Waals surface area contributed by atoms with Crippen LogP contribution in [-0.2, 0) is 73.6 Å². The fraction of sp³-hybridized carbons (Fsp3) is 0.459. The normalized spacial score (nSPS) is 13.1. The molecule has 12 N–H and O–H groups in total. The number of carbonyl (C=O) groups is 7. The predicted octanol–water partition coefficient (Wildman–Crippen LogP) is 12.8. The third-order valence-corrected chi connectivity index (χ3v) is 16.0. The number of para-hydroxylation sites is 3. The van der Waals surface area contributed by atoms with Crippen LogP contribution >= 0.6 is 0 Å². The van der Waals surface area contributed by atoms with Crippen molar-refractivity contribution < 1.29 is 62.4 Å². The summed E-state index contributed by atoms with van der Waals surface area (Å²) in [6, 6.07) is 22.2. The number of carboxylic acid groups (broad SMARTS) is 1. The summed E-state index contributed by atoms with van der Waals surface area (Å²) in [5.74, 6) is -0.0962. The Hall–Kier alpha value is -10.6. The summed E-state index contributed by atoms with van der Waals surface area (Å²) in [7, 11) is 1.35. The van der Waals surface area contributed by atoms with Crippen LogP contribution in [-0.4, -0.2) is 135 Å². The van der Waals surface area contributed by atoms with Gasteiger partial charge in [-0.15, -0.1) is 0 Å². The maximum atomic E-state index is 13.1. The largest absolute Gasteiger partial charge is 0.481 e. The monoisotopic (exact) mass is 1390 g/mol. The van der Waals surface area contributed by atoms with Crippen LogP contribution in [0, 0.1) is 0 Å². The number of carboxylic acids is 1. The summed E-state index contributed by atoms with van der Waals surface area (Å²) in [5.41, 5.74) is 2.14. The number of hydrogen-bond acceptors (Lipinski definition) is 15. The number of hydrogen-bond donors (Lipinski definition) is 12. The van der Waals surface area contributed by atoms with E-state index < -0.39 is 87.1 Å². The summed E-state index contributed by atoms with van der Waals surface area (Å²) < 4.78 is 26.5. The Bertz CT molecular complexity index is 4330. The van der Waals surface area contributed by atoms with Gasteiger partial charge in [0.15, 0.2) is 0 Å². The summed E-state index contributed by atoms with van der Waals surface area (Å²) in [6.45, 7) is 32.3. The number of aromatic amines is 6. The van der Waals surface area contributed by atoms with Gasteiger partial charge in [0, 0.05) is 108 Å². The molecule has 0 unspecified atom stereocenters. The van der Waals surface area contributed by atoms with E-state index in [1.165, 1.54) is 13.3 Å². The number of nitrogens with one attached hydrogen (secondary N) is 11. The second kappa shape index (κ2) is 31.7. The van der Waals surface area contributed by atoms with Crippen molar-refractivity contribution in [2.24, 2.45) is 0 Å². The Kier molecular flexibility index (Phi) is 24.4. The number of methoxy groups -OCH3 is 1. The maximum absolute atomic E-state index is 13.1. The van der Waals surface area contributed by atoms with E-state index in [-0.39, 0.29) is 25.0 Å². The van der Waals surface area contributed by atoms with Crippen LogP contribution in [0.5, 0.6) is 0 Å². The van der Waals surface area contributed by atoms with Crippen LogP contribution in [0.25, 0.3) is 32.7 Å². The first kappa shape index (κ1) is 77.7. The van der Waals surface area contributed by atoms with Crippen LogP contribution in [0.1, 0.15) is 194 Å². The third-order valence-electron chi connectivity index (χ3n) is 16.0. The molecule has 0 spiro atoms. The molecule has 3 atom stereocenters. The van der Waals surface area contributed by atoms with Crippen molar-refractivity contribution in [2.75, 3.05) is 20.2 Å². The minimum absolute atomic E-state index is 0.220. The van der Waals surface area contributed by atoms with Gasteiger partial charge in [-0.05, 0) is 160 Å². The van der Waals surface area contributed by atoms with Gasteiger partial charge in [-0.2, -0.15) is 0 Å². The number of carbonyl (C=O) groups excluding carboxylic acids is 6. The highest BCUT2D eigenvalue weighted by molar-refractivity contribution is 5.88.